The molecule has 2 unspecified atom stereocenters. The van der Waals surface area contributed by atoms with E-state index < -0.39 is 53.7 Å². The standard InChI is InChI=1S/C19H21F3N2O5/c1-10(2)13-9-24(8-11-3-5-12(6-4-11)19(20,21)22)18(29)15(16(13)27)17(28)23-7-14(25)26/h3-6,10,13,15H,7-9H2,1-2H3,(H,23,28)(H,25,26). The lowest BCUT2D eigenvalue weighted by atomic mass is 9.80. The fraction of sp³-hybridized carbons (Fsp3) is 0.474. The summed E-state index contributed by atoms with van der Waals surface area (Å²) < 4.78 is 38.1. The summed E-state index contributed by atoms with van der Waals surface area (Å²) in [7, 11) is 0. The highest BCUT2D eigenvalue weighted by molar-refractivity contribution is 6.20. The number of hydrogen-bond donors (Lipinski definition) is 2. The number of Topliss-reactive ketones (excluding diaryl/α,β-unsaturated/α-hetero) is 1. The minimum atomic E-state index is -4.48. The van der Waals surface area contributed by atoms with E-state index in [2.05, 4.69) is 0 Å². The van der Waals surface area contributed by atoms with E-state index in [1.54, 1.807) is 13.8 Å². The number of carboxylic acid groups (broad SMARTS) is 1. The molecule has 0 radical (unpaired) electrons. The van der Waals surface area contributed by atoms with Crippen molar-refractivity contribution in [1.82, 2.24) is 10.2 Å². The summed E-state index contributed by atoms with van der Waals surface area (Å²) in [4.78, 5) is 49.6. The van der Waals surface area contributed by atoms with Crippen molar-refractivity contribution in [1.29, 1.82) is 0 Å². The van der Waals surface area contributed by atoms with Crippen LogP contribution in [0.3, 0.4) is 0 Å². The monoisotopic (exact) mass is 414 g/mol. The fourth-order valence-electron chi connectivity index (χ4n) is 3.14. The molecule has 0 spiro atoms. The van der Waals surface area contributed by atoms with Crippen LogP contribution in [0.15, 0.2) is 24.3 Å². The lowest BCUT2D eigenvalue weighted by molar-refractivity contribution is -0.156. The molecule has 2 N–H and O–H groups in total. The molecule has 2 amide bonds. The van der Waals surface area contributed by atoms with Gasteiger partial charge in [-0.05, 0) is 23.6 Å². The van der Waals surface area contributed by atoms with Crippen LogP contribution in [0.4, 0.5) is 13.2 Å². The molecule has 29 heavy (non-hydrogen) atoms. The number of amides is 2. The Morgan fingerprint density at radius 1 is 1.21 bits per heavy atom. The Morgan fingerprint density at radius 3 is 2.28 bits per heavy atom. The molecule has 0 aromatic heterocycles. The van der Waals surface area contributed by atoms with Crippen molar-refractivity contribution in [2.24, 2.45) is 17.8 Å². The first-order valence-electron chi connectivity index (χ1n) is 8.90. The number of halogens is 3. The lowest BCUT2D eigenvalue weighted by Crippen LogP contribution is -2.57. The third-order valence-electron chi connectivity index (χ3n) is 4.76. The number of nitrogens with zero attached hydrogens (tertiary/aromatic N) is 1. The Balaban J connectivity index is 2.24. The van der Waals surface area contributed by atoms with E-state index in [0.29, 0.717) is 5.56 Å². The topological polar surface area (TPSA) is 104 Å². The number of carboxylic acids is 1. The summed E-state index contributed by atoms with van der Waals surface area (Å²) in [6.07, 6.45) is -4.48. The van der Waals surface area contributed by atoms with Gasteiger partial charge in [0.1, 0.15) is 6.54 Å². The molecule has 0 aliphatic carbocycles. The van der Waals surface area contributed by atoms with Crippen molar-refractivity contribution in [2.45, 2.75) is 26.6 Å². The van der Waals surface area contributed by atoms with Gasteiger partial charge in [0.25, 0.3) is 0 Å². The summed E-state index contributed by atoms with van der Waals surface area (Å²) in [5, 5.41) is 10.7. The van der Waals surface area contributed by atoms with Crippen molar-refractivity contribution in [3.8, 4) is 0 Å². The fourth-order valence-corrected chi connectivity index (χ4v) is 3.14. The SMILES string of the molecule is CC(C)C1CN(Cc2ccc(C(F)(F)F)cc2)C(=O)C(C(=O)NCC(=O)O)C1=O. The van der Waals surface area contributed by atoms with E-state index in [1.807, 2.05) is 5.32 Å². The second-order valence-electron chi connectivity index (χ2n) is 7.21. The number of rotatable bonds is 6. The van der Waals surface area contributed by atoms with Crippen molar-refractivity contribution >= 4 is 23.6 Å². The molecule has 1 aromatic rings. The quantitative estimate of drug-likeness (QED) is 0.690. The van der Waals surface area contributed by atoms with Crippen LogP contribution in [0.1, 0.15) is 25.0 Å². The van der Waals surface area contributed by atoms with Gasteiger partial charge in [-0.25, -0.2) is 0 Å². The Morgan fingerprint density at radius 2 is 1.79 bits per heavy atom. The second-order valence-corrected chi connectivity index (χ2v) is 7.21. The number of hydrogen-bond acceptors (Lipinski definition) is 4. The van der Waals surface area contributed by atoms with Crippen LogP contribution in [0, 0.1) is 17.8 Å². The second kappa shape index (κ2) is 8.62. The normalized spacial score (nSPS) is 20.1. The van der Waals surface area contributed by atoms with Gasteiger partial charge in [-0.15, -0.1) is 0 Å². The summed E-state index contributed by atoms with van der Waals surface area (Å²) >= 11 is 0. The van der Waals surface area contributed by atoms with Crippen LogP contribution in [0.5, 0.6) is 0 Å². The molecule has 1 saturated heterocycles. The average molecular weight is 414 g/mol. The number of carbonyl (C=O) groups excluding carboxylic acids is 3. The number of ketones is 1. The van der Waals surface area contributed by atoms with Crippen LogP contribution in [-0.2, 0) is 31.9 Å². The number of alkyl halides is 3. The molecule has 0 bridgehead atoms. The van der Waals surface area contributed by atoms with Crippen LogP contribution >= 0.6 is 0 Å². The Hall–Kier alpha value is -2.91. The van der Waals surface area contributed by atoms with Gasteiger partial charge in [0.15, 0.2) is 11.7 Å². The molecule has 1 aliphatic heterocycles. The minimum Gasteiger partial charge on any atom is -0.480 e. The van der Waals surface area contributed by atoms with E-state index in [4.69, 9.17) is 5.11 Å². The molecular formula is C19H21F3N2O5. The first kappa shape index (κ1) is 22.4. The average Bonchev–Trinajstić information content (AvgIpc) is 2.61. The lowest BCUT2D eigenvalue weighted by Gasteiger charge is -2.37. The van der Waals surface area contributed by atoms with Crippen LogP contribution in [0.25, 0.3) is 0 Å². The summed E-state index contributed by atoms with van der Waals surface area (Å²) in [5.41, 5.74) is -0.416. The van der Waals surface area contributed by atoms with Gasteiger partial charge in [0, 0.05) is 19.0 Å². The maximum atomic E-state index is 12.7. The Labute approximate surface area is 164 Å². The van der Waals surface area contributed by atoms with Crippen molar-refractivity contribution in [3.63, 3.8) is 0 Å². The highest BCUT2D eigenvalue weighted by atomic mass is 19.4. The summed E-state index contributed by atoms with van der Waals surface area (Å²) in [5.74, 6) is -6.22. The molecule has 7 nitrogen and oxygen atoms in total. The molecule has 2 rings (SSSR count). The molecule has 2 atom stereocenters. The largest absolute Gasteiger partial charge is 0.480 e. The van der Waals surface area contributed by atoms with Gasteiger partial charge >= 0.3 is 12.1 Å². The predicted molar refractivity (Wildman–Crippen MR) is 94.3 cm³/mol. The molecule has 158 valence electrons. The van der Waals surface area contributed by atoms with Crippen molar-refractivity contribution in [2.75, 3.05) is 13.1 Å². The molecular weight excluding hydrogens is 393 g/mol. The molecule has 10 heteroatoms. The van der Waals surface area contributed by atoms with Crippen LogP contribution < -0.4 is 5.32 Å². The van der Waals surface area contributed by atoms with E-state index in [9.17, 15) is 32.3 Å². The molecule has 1 aliphatic rings. The smallest absolute Gasteiger partial charge is 0.416 e. The maximum absolute atomic E-state index is 12.7. The third kappa shape index (κ3) is 5.33. The third-order valence-corrected chi connectivity index (χ3v) is 4.76. The molecule has 1 heterocycles. The van der Waals surface area contributed by atoms with Gasteiger partial charge in [0.05, 0.1) is 5.56 Å². The Bertz CT molecular complexity index is 805. The van der Waals surface area contributed by atoms with Crippen LogP contribution in [0.2, 0.25) is 0 Å². The predicted octanol–water partition coefficient (Wildman–Crippen LogP) is 1.71. The number of nitrogens with one attached hydrogen (secondary N) is 1. The highest BCUT2D eigenvalue weighted by Crippen LogP contribution is 2.30. The van der Waals surface area contributed by atoms with E-state index in [-0.39, 0.29) is 19.0 Å². The molecule has 0 saturated carbocycles. The minimum absolute atomic E-state index is 0.0269. The highest BCUT2D eigenvalue weighted by Gasteiger charge is 2.46. The van der Waals surface area contributed by atoms with Crippen molar-refractivity contribution < 1.29 is 37.5 Å². The number of likely N-dealkylation sites (tertiary alicyclic amines) is 1. The summed E-state index contributed by atoms with van der Waals surface area (Å²) in [6.45, 7) is 2.72. The van der Waals surface area contributed by atoms with Gasteiger partial charge in [0.2, 0.25) is 11.8 Å². The number of piperidine rings is 1. The Kier molecular flexibility index (Phi) is 6.66. The maximum Gasteiger partial charge on any atom is 0.416 e. The summed E-state index contributed by atoms with van der Waals surface area (Å²) in [6, 6.07) is 4.25. The van der Waals surface area contributed by atoms with Gasteiger partial charge in [-0.1, -0.05) is 26.0 Å². The van der Waals surface area contributed by atoms with Gasteiger partial charge in [-0.3, -0.25) is 19.2 Å². The van der Waals surface area contributed by atoms with E-state index in [1.165, 1.54) is 17.0 Å². The molecule has 1 aromatic carbocycles. The molecule has 1 fully saturated rings. The number of benzene rings is 1. The van der Waals surface area contributed by atoms with Crippen LogP contribution in [-0.4, -0.2) is 46.7 Å². The zero-order valence-corrected chi connectivity index (χ0v) is 15.8. The van der Waals surface area contributed by atoms with E-state index in [0.717, 1.165) is 12.1 Å². The first-order chi connectivity index (χ1) is 13.4. The van der Waals surface area contributed by atoms with Gasteiger partial charge < -0.3 is 15.3 Å². The van der Waals surface area contributed by atoms with E-state index >= 15 is 0 Å². The first-order valence-corrected chi connectivity index (χ1v) is 8.90. The zero-order chi connectivity index (χ0) is 21.9. The van der Waals surface area contributed by atoms with Gasteiger partial charge in [-0.2, -0.15) is 13.2 Å². The zero-order valence-electron chi connectivity index (χ0n) is 15.8. The number of aliphatic carboxylic acids is 1. The van der Waals surface area contributed by atoms with Crippen molar-refractivity contribution in [3.05, 3.63) is 35.4 Å². The number of carbonyl (C=O) groups is 4.